The fourth-order valence-electron chi connectivity index (χ4n) is 0.734. The van der Waals surface area contributed by atoms with Gasteiger partial charge in [-0.15, -0.1) is 0 Å². The molecule has 0 fully saturated rings. The van der Waals surface area contributed by atoms with E-state index in [1.165, 1.54) is 11.3 Å². The van der Waals surface area contributed by atoms with E-state index in [2.05, 4.69) is 43.0 Å². The third-order valence-corrected chi connectivity index (χ3v) is 1.65. The maximum atomic E-state index is 2.75. The number of aromatic nitrogens is 1. The average molecular weight is 154 g/mol. The van der Waals surface area contributed by atoms with Crippen molar-refractivity contribution in [2.24, 2.45) is 7.05 Å². The van der Waals surface area contributed by atoms with Crippen molar-refractivity contribution in [2.75, 3.05) is 14.1 Å². The first-order valence-electron chi connectivity index (χ1n) is 3.80. The molecule has 0 amide bonds. The summed E-state index contributed by atoms with van der Waals surface area (Å²) in [5.74, 6) is 0. The van der Waals surface area contributed by atoms with Gasteiger partial charge in [0.25, 0.3) is 0 Å². The Bertz CT molecular complexity index is 182. The van der Waals surface area contributed by atoms with Crippen molar-refractivity contribution in [3.05, 3.63) is 23.5 Å². The molecule has 0 aliphatic carbocycles. The maximum absolute atomic E-state index is 2.75. The number of nitrogens with one attached hydrogen (secondary N) is 1. The molecule has 11 heavy (non-hydrogen) atoms. The first kappa shape index (κ1) is 10.2. The van der Waals surface area contributed by atoms with Gasteiger partial charge in [-0.05, 0) is 39.6 Å². The van der Waals surface area contributed by atoms with Gasteiger partial charge in [0, 0.05) is 18.9 Å². The van der Waals surface area contributed by atoms with E-state index in [-0.39, 0.29) is 0 Å². The first-order valence-corrected chi connectivity index (χ1v) is 3.80. The molecule has 0 radical (unpaired) electrons. The molecule has 0 bridgehead atoms. The van der Waals surface area contributed by atoms with Crippen molar-refractivity contribution >= 4 is 0 Å². The molecule has 2 heteroatoms. The van der Waals surface area contributed by atoms with Gasteiger partial charge in [0.1, 0.15) is 0 Å². The smallest absolute Gasteiger partial charge is 0.0169 e. The van der Waals surface area contributed by atoms with Crippen molar-refractivity contribution in [1.82, 2.24) is 9.88 Å². The zero-order valence-corrected chi connectivity index (χ0v) is 8.10. The van der Waals surface area contributed by atoms with Crippen LogP contribution in [0.25, 0.3) is 0 Å². The van der Waals surface area contributed by atoms with Crippen molar-refractivity contribution in [3.8, 4) is 0 Å². The fourth-order valence-corrected chi connectivity index (χ4v) is 0.734. The zero-order valence-electron chi connectivity index (χ0n) is 8.10. The Balaban J connectivity index is 0.000000292. The topological polar surface area (TPSA) is 17.0 Å². The Hall–Kier alpha value is -0.760. The highest BCUT2D eigenvalue weighted by atomic mass is 14.9. The molecule has 0 spiro atoms. The van der Waals surface area contributed by atoms with Crippen LogP contribution in [0, 0.1) is 13.8 Å². The summed E-state index contributed by atoms with van der Waals surface area (Å²) in [6.45, 7) is 4.24. The van der Waals surface area contributed by atoms with Crippen LogP contribution in [0.15, 0.2) is 12.3 Å². The Kier molecular flexibility index (Phi) is 4.62. The minimum absolute atomic E-state index is 1.35. The second kappa shape index (κ2) is 4.97. The molecular formula is C9H18N2. The molecule has 0 aromatic carbocycles. The molecule has 2 nitrogen and oxygen atoms in total. The van der Waals surface area contributed by atoms with E-state index in [0.29, 0.717) is 0 Å². The molecule has 0 unspecified atom stereocenters. The van der Waals surface area contributed by atoms with E-state index < -0.39 is 0 Å². The lowest BCUT2D eigenvalue weighted by molar-refractivity contribution is 0.877. The molecule has 0 atom stereocenters. The fraction of sp³-hybridized carbons (Fsp3) is 0.556. The van der Waals surface area contributed by atoms with Crippen molar-refractivity contribution in [3.63, 3.8) is 0 Å². The van der Waals surface area contributed by atoms with Gasteiger partial charge in [-0.25, -0.2) is 0 Å². The molecule has 64 valence electrons. The third kappa shape index (κ3) is 3.23. The predicted molar refractivity (Wildman–Crippen MR) is 49.9 cm³/mol. The van der Waals surface area contributed by atoms with Gasteiger partial charge in [-0.1, -0.05) is 0 Å². The summed E-state index contributed by atoms with van der Waals surface area (Å²) in [6.07, 6.45) is 2.07. The maximum Gasteiger partial charge on any atom is 0.0169 e. The number of hydrogen-bond donors (Lipinski definition) is 1. The van der Waals surface area contributed by atoms with Crippen LogP contribution in [0.5, 0.6) is 0 Å². The van der Waals surface area contributed by atoms with Crippen LogP contribution in [-0.4, -0.2) is 18.7 Å². The second-order valence-corrected chi connectivity index (χ2v) is 2.70. The Morgan fingerprint density at radius 1 is 1.27 bits per heavy atom. The summed E-state index contributed by atoms with van der Waals surface area (Å²) in [5, 5.41) is 2.75. The van der Waals surface area contributed by atoms with E-state index in [4.69, 9.17) is 0 Å². The third-order valence-electron chi connectivity index (χ3n) is 1.65. The summed E-state index contributed by atoms with van der Waals surface area (Å²) >= 11 is 0. The lowest BCUT2D eigenvalue weighted by Crippen LogP contribution is -1.89. The van der Waals surface area contributed by atoms with Crippen molar-refractivity contribution in [2.45, 2.75) is 13.8 Å². The Morgan fingerprint density at radius 3 is 1.82 bits per heavy atom. The molecule has 0 aliphatic rings. The van der Waals surface area contributed by atoms with Crippen molar-refractivity contribution < 1.29 is 0 Å². The van der Waals surface area contributed by atoms with E-state index in [1.807, 2.05) is 14.1 Å². The summed E-state index contributed by atoms with van der Waals surface area (Å²) in [5.41, 5.74) is 2.72. The molecule has 0 aliphatic heterocycles. The lowest BCUT2D eigenvalue weighted by Gasteiger charge is -1.93. The van der Waals surface area contributed by atoms with Gasteiger partial charge in [0.15, 0.2) is 0 Å². The van der Waals surface area contributed by atoms with Gasteiger partial charge in [-0.3, -0.25) is 0 Å². The zero-order chi connectivity index (χ0) is 8.85. The van der Waals surface area contributed by atoms with Crippen LogP contribution < -0.4 is 5.32 Å². The van der Waals surface area contributed by atoms with Crippen LogP contribution in [0.2, 0.25) is 0 Å². The number of nitrogens with zero attached hydrogens (tertiary/aromatic N) is 1. The molecule has 1 N–H and O–H groups in total. The Labute approximate surface area is 69.2 Å². The van der Waals surface area contributed by atoms with Crippen LogP contribution in [0.1, 0.15) is 11.3 Å². The molecular weight excluding hydrogens is 136 g/mol. The van der Waals surface area contributed by atoms with Crippen LogP contribution >= 0.6 is 0 Å². The number of aryl methyl sites for hydroxylation is 2. The number of hydrogen-bond acceptors (Lipinski definition) is 1. The Morgan fingerprint density at radius 2 is 1.73 bits per heavy atom. The SMILES string of the molecule is CNC.Cc1ccn(C)c1C. The molecule has 1 aromatic heterocycles. The molecule has 1 heterocycles. The number of rotatable bonds is 0. The predicted octanol–water partition coefficient (Wildman–Crippen LogP) is 1.48. The largest absolute Gasteiger partial charge is 0.354 e. The van der Waals surface area contributed by atoms with Crippen LogP contribution in [0.3, 0.4) is 0 Å². The van der Waals surface area contributed by atoms with Gasteiger partial charge in [0.2, 0.25) is 0 Å². The van der Waals surface area contributed by atoms with Crippen LogP contribution in [-0.2, 0) is 7.05 Å². The minimum Gasteiger partial charge on any atom is -0.354 e. The normalized spacial score (nSPS) is 8.82. The molecule has 1 aromatic rings. The van der Waals surface area contributed by atoms with E-state index >= 15 is 0 Å². The quantitative estimate of drug-likeness (QED) is 0.599. The standard InChI is InChI=1S/C7H11N.C2H7N/c1-6-4-5-8(3)7(6)2;1-3-2/h4-5H,1-3H3;3H,1-2H3. The monoisotopic (exact) mass is 154 g/mol. The molecule has 0 saturated carbocycles. The minimum atomic E-state index is 1.35. The van der Waals surface area contributed by atoms with Gasteiger partial charge in [0.05, 0.1) is 0 Å². The van der Waals surface area contributed by atoms with E-state index in [0.717, 1.165) is 0 Å². The van der Waals surface area contributed by atoms with E-state index in [9.17, 15) is 0 Å². The highest BCUT2D eigenvalue weighted by Crippen LogP contribution is 2.04. The van der Waals surface area contributed by atoms with Crippen LogP contribution in [0.4, 0.5) is 0 Å². The second-order valence-electron chi connectivity index (χ2n) is 2.70. The van der Waals surface area contributed by atoms with E-state index in [1.54, 1.807) is 0 Å². The first-order chi connectivity index (χ1) is 5.13. The summed E-state index contributed by atoms with van der Waals surface area (Å²) in [6, 6.07) is 2.12. The highest BCUT2D eigenvalue weighted by molar-refractivity contribution is 5.17. The highest BCUT2D eigenvalue weighted by Gasteiger charge is 1.92. The van der Waals surface area contributed by atoms with Gasteiger partial charge in [-0.2, -0.15) is 0 Å². The summed E-state index contributed by atoms with van der Waals surface area (Å²) < 4.78 is 2.12. The van der Waals surface area contributed by atoms with Gasteiger partial charge < -0.3 is 9.88 Å². The van der Waals surface area contributed by atoms with Crippen molar-refractivity contribution in [1.29, 1.82) is 0 Å². The molecule has 1 rings (SSSR count). The van der Waals surface area contributed by atoms with Gasteiger partial charge >= 0.3 is 0 Å². The summed E-state index contributed by atoms with van der Waals surface area (Å²) in [4.78, 5) is 0. The average Bonchev–Trinajstić information content (AvgIpc) is 2.22. The lowest BCUT2D eigenvalue weighted by atomic mass is 10.3. The summed E-state index contributed by atoms with van der Waals surface area (Å²) in [7, 11) is 5.81. The molecule has 0 saturated heterocycles.